The molecular formula is C18H28N2. The van der Waals surface area contributed by atoms with Crippen molar-refractivity contribution in [2.75, 3.05) is 23.3 Å². The second-order valence-electron chi connectivity index (χ2n) is 6.89. The van der Waals surface area contributed by atoms with E-state index in [1.54, 1.807) is 0 Å². The molecule has 3 atom stereocenters. The van der Waals surface area contributed by atoms with Crippen molar-refractivity contribution in [1.82, 2.24) is 0 Å². The molecule has 0 aromatic heterocycles. The lowest BCUT2D eigenvalue weighted by Crippen LogP contribution is -2.32. The number of nitrogens with zero attached hydrogens (tertiary/aromatic N) is 1. The molecule has 1 aliphatic heterocycles. The zero-order valence-corrected chi connectivity index (χ0v) is 12.9. The maximum absolute atomic E-state index is 3.75. The Labute approximate surface area is 123 Å². The van der Waals surface area contributed by atoms with Gasteiger partial charge in [-0.15, -0.1) is 0 Å². The molecule has 1 saturated heterocycles. The molecule has 1 aliphatic carbocycles. The fraction of sp³-hybridized carbons (Fsp3) is 0.667. The Morgan fingerprint density at radius 1 is 1.00 bits per heavy atom. The van der Waals surface area contributed by atoms with Crippen LogP contribution in [0.15, 0.2) is 24.3 Å². The van der Waals surface area contributed by atoms with E-state index in [1.165, 1.54) is 56.6 Å². The van der Waals surface area contributed by atoms with Crippen LogP contribution in [0.5, 0.6) is 0 Å². The molecule has 0 bridgehead atoms. The molecule has 2 heteroatoms. The van der Waals surface area contributed by atoms with E-state index in [0.717, 1.165) is 11.8 Å². The Kier molecular flexibility index (Phi) is 4.18. The van der Waals surface area contributed by atoms with E-state index in [4.69, 9.17) is 0 Å². The number of benzene rings is 1. The number of hydrogen-bond donors (Lipinski definition) is 1. The Morgan fingerprint density at radius 3 is 2.35 bits per heavy atom. The molecule has 1 heterocycles. The highest BCUT2D eigenvalue weighted by molar-refractivity contribution is 5.55. The summed E-state index contributed by atoms with van der Waals surface area (Å²) in [5.41, 5.74) is 2.68. The van der Waals surface area contributed by atoms with Gasteiger partial charge in [-0.05, 0) is 68.2 Å². The summed E-state index contributed by atoms with van der Waals surface area (Å²) in [6.45, 7) is 7.23. The summed E-state index contributed by atoms with van der Waals surface area (Å²) < 4.78 is 0. The normalized spacial score (nSPS) is 30.5. The van der Waals surface area contributed by atoms with Gasteiger partial charge in [0.05, 0.1) is 0 Å². The lowest BCUT2D eigenvalue weighted by Gasteiger charge is -2.34. The van der Waals surface area contributed by atoms with Gasteiger partial charge in [0.2, 0.25) is 0 Å². The van der Waals surface area contributed by atoms with Gasteiger partial charge in [-0.3, -0.25) is 0 Å². The number of nitrogens with one attached hydrogen (secondary N) is 1. The third-order valence-electron chi connectivity index (χ3n) is 5.12. The van der Waals surface area contributed by atoms with E-state index < -0.39 is 0 Å². The summed E-state index contributed by atoms with van der Waals surface area (Å²) in [6.07, 6.45) is 6.74. The minimum absolute atomic E-state index is 0.656. The summed E-state index contributed by atoms with van der Waals surface area (Å²) in [4.78, 5) is 2.49. The Hall–Kier alpha value is -1.18. The van der Waals surface area contributed by atoms with E-state index in [1.807, 2.05) is 0 Å². The van der Waals surface area contributed by atoms with Crippen molar-refractivity contribution in [3.05, 3.63) is 24.3 Å². The first-order chi connectivity index (χ1) is 9.72. The van der Waals surface area contributed by atoms with Crippen molar-refractivity contribution in [2.24, 2.45) is 11.8 Å². The second-order valence-corrected chi connectivity index (χ2v) is 6.89. The van der Waals surface area contributed by atoms with Gasteiger partial charge in [-0.1, -0.05) is 13.8 Å². The first-order valence-corrected chi connectivity index (χ1v) is 8.34. The topological polar surface area (TPSA) is 15.3 Å². The van der Waals surface area contributed by atoms with Crippen LogP contribution >= 0.6 is 0 Å². The molecular weight excluding hydrogens is 244 g/mol. The second kappa shape index (κ2) is 6.07. The van der Waals surface area contributed by atoms with Gasteiger partial charge in [-0.25, -0.2) is 0 Å². The van der Waals surface area contributed by atoms with Crippen LogP contribution in [-0.2, 0) is 0 Å². The third kappa shape index (κ3) is 3.11. The number of anilines is 2. The lowest BCUT2D eigenvalue weighted by atomic mass is 9.80. The molecule has 20 heavy (non-hydrogen) atoms. The molecule has 110 valence electrons. The highest BCUT2D eigenvalue weighted by atomic mass is 15.1. The average molecular weight is 272 g/mol. The summed E-state index contributed by atoms with van der Waals surface area (Å²) in [6, 6.07) is 9.74. The molecule has 1 aromatic carbocycles. The number of rotatable bonds is 3. The van der Waals surface area contributed by atoms with Crippen LogP contribution in [0.3, 0.4) is 0 Å². The third-order valence-corrected chi connectivity index (χ3v) is 5.12. The SMILES string of the molecule is CC1CCC(Nc2ccc(N3CCCC3)cc2)C(C)C1. The fourth-order valence-corrected chi connectivity index (χ4v) is 3.84. The minimum atomic E-state index is 0.656. The monoisotopic (exact) mass is 272 g/mol. The largest absolute Gasteiger partial charge is 0.382 e. The van der Waals surface area contributed by atoms with Crippen molar-refractivity contribution in [2.45, 2.75) is 52.0 Å². The molecule has 1 saturated carbocycles. The molecule has 2 fully saturated rings. The summed E-state index contributed by atoms with van der Waals surface area (Å²) in [7, 11) is 0. The first-order valence-electron chi connectivity index (χ1n) is 8.34. The van der Waals surface area contributed by atoms with Crippen molar-refractivity contribution < 1.29 is 0 Å². The molecule has 0 amide bonds. The summed E-state index contributed by atoms with van der Waals surface area (Å²) in [5, 5.41) is 3.75. The van der Waals surface area contributed by atoms with Gasteiger partial charge in [0, 0.05) is 30.5 Å². The average Bonchev–Trinajstić information content (AvgIpc) is 2.97. The van der Waals surface area contributed by atoms with Crippen LogP contribution < -0.4 is 10.2 Å². The van der Waals surface area contributed by atoms with Gasteiger partial charge in [0.1, 0.15) is 0 Å². The maximum atomic E-state index is 3.75. The fourth-order valence-electron chi connectivity index (χ4n) is 3.84. The minimum Gasteiger partial charge on any atom is -0.382 e. The van der Waals surface area contributed by atoms with Crippen molar-refractivity contribution in [3.8, 4) is 0 Å². The predicted octanol–water partition coefficient (Wildman–Crippen LogP) is 4.52. The number of hydrogen-bond acceptors (Lipinski definition) is 2. The summed E-state index contributed by atoms with van der Waals surface area (Å²) in [5.74, 6) is 1.69. The Bertz CT molecular complexity index is 420. The van der Waals surface area contributed by atoms with Crippen molar-refractivity contribution in [1.29, 1.82) is 0 Å². The van der Waals surface area contributed by atoms with Crippen LogP contribution in [0.2, 0.25) is 0 Å². The van der Waals surface area contributed by atoms with Gasteiger partial charge >= 0.3 is 0 Å². The molecule has 2 nitrogen and oxygen atoms in total. The molecule has 0 radical (unpaired) electrons. The Morgan fingerprint density at radius 2 is 1.70 bits per heavy atom. The van der Waals surface area contributed by atoms with Gasteiger partial charge in [0.15, 0.2) is 0 Å². The van der Waals surface area contributed by atoms with Crippen molar-refractivity contribution in [3.63, 3.8) is 0 Å². The molecule has 0 spiro atoms. The van der Waals surface area contributed by atoms with Crippen LogP contribution in [0, 0.1) is 11.8 Å². The summed E-state index contributed by atoms with van der Waals surface area (Å²) >= 11 is 0. The maximum Gasteiger partial charge on any atom is 0.0367 e. The van der Waals surface area contributed by atoms with Crippen LogP contribution in [0.4, 0.5) is 11.4 Å². The van der Waals surface area contributed by atoms with E-state index >= 15 is 0 Å². The molecule has 3 rings (SSSR count). The molecule has 2 aliphatic rings. The van der Waals surface area contributed by atoms with Gasteiger partial charge < -0.3 is 10.2 Å². The van der Waals surface area contributed by atoms with E-state index in [-0.39, 0.29) is 0 Å². The first kappa shape index (κ1) is 13.8. The van der Waals surface area contributed by atoms with Crippen LogP contribution in [0.25, 0.3) is 0 Å². The Balaban J connectivity index is 1.60. The van der Waals surface area contributed by atoms with Crippen LogP contribution in [-0.4, -0.2) is 19.1 Å². The van der Waals surface area contributed by atoms with E-state index in [0.29, 0.717) is 6.04 Å². The van der Waals surface area contributed by atoms with E-state index in [9.17, 15) is 0 Å². The smallest absolute Gasteiger partial charge is 0.0367 e. The highest BCUT2D eigenvalue weighted by Gasteiger charge is 2.25. The standard InChI is InChI=1S/C18H28N2/c1-14-5-10-18(15(2)13-14)19-16-6-8-17(9-7-16)20-11-3-4-12-20/h6-9,14-15,18-19H,3-5,10-13H2,1-2H3. The zero-order valence-electron chi connectivity index (χ0n) is 12.9. The molecule has 1 N–H and O–H groups in total. The van der Waals surface area contributed by atoms with Gasteiger partial charge in [0.25, 0.3) is 0 Å². The van der Waals surface area contributed by atoms with Crippen LogP contribution in [0.1, 0.15) is 46.0 Å². The highest BCUT2D eigenvalue weighted by Crippen LogP contribution is 2.31. The zero-order chi connectivity index (χ0) is 13.9. The predicted molar refractivity (Wildman–Crippen MR) is 87.5 cm³/mol. The quantitative estimate of drug-likeness (QED) is 0.870. The molecule has 1 aromatic rings. The molecule has 3 unspecified atom stereocenters. The van der Waals surface area contributed by atoms with Gasteiger partial charge in [-0.2, -0.15) is 0 Å². The lowest BCUT2D eigenvalue weighted by molar-refractivity contribution is 0.276. The van der Waals surface area contributed by atoms with Crippen molar-refractivity contribution >= 4 is 11.4 Å². The van der Waals surface area contributed by atoms with E-state index in [2.05, 4.69) is 48.3 Å².